The summed E-state index contributed by atoms with van der Waals surface area (Å²) in [5, 5.41) is 0.437. The van der Waals surface area contributed by atoms with Gasteiger partial charge in [0.15, 0.2) is 4.80 Å². The van der Waals surface area contributed by atoms with Crippen LogP contribution in [0.3, 0.4) is 0 Å². The molecule has 1 atom stereocenters. The second kappa shape index (κ2) is 9.08. The van der Waals surface area contributed by atoms with Gasteiger partial charge < -0.3 is 9.30 Å². The number of thiazole rings is 1. The first-order chi connectivity index (χ1) is 15.3. The predicted octanol–water partition coefficient (Wildman–Crippen LogP) is 3.28. The molecule has 1 amide bonds. The quantitative estimate of drug-likeness (QED) is 0.515. The number of benzene rings is 2. The van der Waals surface area contributed by atoms with Crippen molar-refractivity contribution in [3.05, 3.63) is 52.3 Å². The van der Waals surface area contributed by atoms with Crippen molar-refractivity contribution in [2.45, 2.75) is 30.3 Å². The molecule has 0 saturated carbocycles. The van der Waals surface area contributed by atoms with Crippen molar-refractivity contribution in [3.63, 3.8) is 0 Å². The number of carbonyl (C=O) groups is 1. The van der Waals surface area contributed by atoms with Gasteiger partial charge >= 0.3 is 0 Å². The Morgan fingerprint density at radius 1 is 1.31 bits per heavy atom. The topological polar surface area (TPSA) is 81.0 Å². The number of hydrogen-bond donors (Lipinski definition) is 0. The third kappa shape index (κ3) is 4.19. The monoisotopic (exact) mass is 489 g/mol. The molecule has 0 N–H and O–H groups in total. The largest absolute Gasteiger partial charge is 0.497 e. The van der Waals surface area contributed by atoms with E-state index in [2.05, 4.69) is 10.9 Å². The maximum absolute atomic E-state index is 13.1. The molecular weight excluding hydrogens is 470 g/mol. The summed E-state index contributed by atoms with van der Waals surface area (Å²) in [6, 6.07) is 10.6. The van der Waals surface area contributed by atoms with E-state index in [0.29, 0.717) is 28.4 Å². The number of ether oxygens (including phenoxy) is 1. The van der Waals surface area contributed by atoms with Crippen molar-refractivity contribution >= 4 is 49.1 Å². The highest BCUT2D eigenvalue weighted by Gasteiger charge is 2.39. The number of methoxy groups -OCH3 is 1. The van der Waals surface area contributed by atoms with E-state index in [4.69, 9.17) is 22.8 Å². The van der Waals surface area contributed by atoms with E-state index in [1.165, 1.54) is 39.9 Å². The molecule has 2 heterocycles. The Morgan fingerprint density at radius 2 is 2.06 bits per heavy atom. The van der Waals surface area contributed by atoms with Crippen LogP contribution in [0.2, 0.25) is 5.02 Å². The van der Waals surface area contributed by atoms with E-state index in [0.717, 1.165) is 10.2 Å². The molecule has 0 spiro atoms. The highest BCUT2D eigenvalue weighted by Crippen LogP contribution is 2.28. The van der Waals surface area contributed by atoms with Crippen LogP contribution in [0.25, 0.3) is 10.2 Å². The minimum Gasteiger partial charge on any atom is -0.497 e. The molecule has 0 aliphatic carbocycles. The molecule has 10 heteroatoms. The van der Waals surface area contributed by atoms with Crippen molar-refractivity contribution in [1.29, 1.82) is 0 Å². The highest BCUT2D eigenvalue weighted by atomic mass is 35.5. The van der Waals surface area contributed by atoms with Gasteiger partial charge in [0.05, 0.1) is 28.8 Å². The summed E-state index contributed by atoms with van der Waals surface area (Å²) < 4.78 is 35.4. The van der Waals surface area contributed by atoms with E-state index < -0.39 is 22.0 Å². The number of halogens is 1. The van der Waals surface area contributed by atoms with Gasteiger partial charge in [0.25, 0.3) is 5.91 Å². The Bertz CT molecular complexity index is 1390. The Labute approximate surface area is 195 Å². The van der Waals surface area contributed by atoms with Gasteiger partial charge in [-0.2, -0.15) is 9.30 Å². The standard InChI is InChI=1S/C22H20ClN3O4S2/c1-3-12-25-18-11-8-16(30-2)14-20(18)31-22(25)24-21(27)19-5-4-13-26(19)32(28,29)17-9-6-15(23)7-10-17/h1,6-11,14,19H,4-5,12-13H2,2H3. The van der Waals surface area contributed by atoms with Gasteiger partial charge in [-0.25, -0.2) is 8.42 Å². The minimum atomic E-state index is -3.85. The van der Waals surface area contributed by atoms with Crippen LogP contribution in [-0.4, -0.2) is 42.9 Å². The summed E-state index contributed by atoms with van der Waals surface area (Å²) in [5.41, 5.74) is 0.831. The molecule has 1 aromatic heterocycles. The molecule has 2 aromatic carbocycles. The first kappa shape index (κ1) is 22.6. The maximum atomic E-state index is 13.1. The fourth-order valence-corrected chi connectivity index (χ4v) is 6.54. The lowest BCUT2D eigenvalue weighted by atomic mass is 10.2. The first-order valence-electron chi connectivity index (χ1n) is 9.82. The van der Waals surface area contributed by atoms with Crippen LogP contribution < -0.4 is 9.54 Å². The second-order valence-electron chi connectivity index (χ2n) is 7.19. The number of fused-ring (bicyclic) bond motifs is 1. The number of terminal acetylenes is 1. The third-order valence-corrected chi connectivity index (χ3v) is 8.47. The Balaban J connectivity index is 1.72. The van der Waals surface area contributed by atoms with Crippen molar-refractivity contribution in [2.24, 2.45) is 4.99 Å². The van der Waals surface area contributed by atoms with E-state index in [1.54, 1.807) is 11.7 Å². The molecule has 0 bridgehead atoms. The molecule has 32 heavy (non-hydrogen) atoms. The molecule has 7 nitrogen and oxygen atoms in total. The van der Waals surface area contributed by atoms with Gasteiger partial charge in [-0.15, -0.1) is 6.42 Å². The zero-order valence-corrected chi connectivity index (χ0v) is 19.6. The van der Waals surface area contributed by atoms with E-state index in [1.807, 2.05) is 18.2 Å². The Hall–Kier alpha value is -2.64. The van der Waals surface area contributed by atoms with Crippen LogP contribution in [0.15, 0.2) is 52.4 Å². The molecule has 4 rings (SSSR count). The number of nitrogens with zero attached hydrogens (tertiary/aromatic N) is 3. The minimum absolute atomic E-state index is 0.0953. The fraction of sp³-hybridized carbons (Fsp3) is 0.273. The van der Waals surface area contributed by atoms with E-state index in [-0.39, 0.29) is 18.0 Å². The lowest BCUT2D eigenvalue weighted by Crippen LogP contribution is -2.40. The zero-order chi connectivity index (χ0) is 22.9. The molecular formula is C22H20ClN3O4S2. The van der Waals surface area contributed by atoms with Crippen LogP contribution in [0.1, 0.15) is 12.8 Å². The number of sulfonamides is 1. The summed E-state index contributed by atoms with van der Waals surface area (Å²) in [6.07, 6.45) is 6.51. The van der Waals surface area contributed by atoms with Gasteiger partial charge in [0, 0.05) is 11.6 Å². The SMILES string of the molecule is C#CCn1c(=NC(=O)C2CCCN2S(=O)(=O)c2ccc(Cl)cc2)sc2cc(OC)ccc21. The van der Waals surface area contributed by atoms with E-state index in [9.17, 15) is 13.2 Å². The molecule has 1 saturated heterocycles. The number of aromatic nitrogens is 1. The van der Waals surface area contributed by atoms with Gasteiger partial charge in [0.2, 0.25) is 10.0 Å². The second-order valence-corrected chi connectivity index (χ2v) is 10.5. The van der Waals surface area contributed by atoms with Crippen molar-refractivity contribution in [2.75, 3.05) is 13.7 Å². The summed E-state index contributed by atoms with van der Waals surface area (Å²) in [5.74, 6) is 2.75. The lowest BCUT2D eigenvalue weighted by molar-refractivity contribution is -0.121. The summed E-state index contributed by atoms with van der Waals surface area (Å²) in [4.78, 5) is 18.0. The number of hydrogen-bond acceptors (Lipinski definition) is 5. The van der Waals surface area contributed by atoms with E-state index >= 15 is 0 Å². The third-order valence-electron chi connectivity index (χ3n) is 5.25. The van der Waals surface area contributed by atoms with Crippen LogP contribution in [-0.2, 0) is 21.4 Å². The smallest absolute Gasteiger partial charge is 0.266 e. The molecule has 1 aliphatic heterocycles. The molecule has 166 valence electrons. The average Bonchev–Trinajstić information content (AvgIpc) is 3.40. The average molecular weight is 490 g/mol. The Kier molecular flexibility index (Phi) is 6.40. The van der Waals surface area contributed by atoms with Crippen LogP contribution in [0.4, 0.5) is 0 Å². The van der Waals surface area contributed by atoms with Crippen molar-refractivity contribution in [1.82, 2.24) is 8.87 Å². The predicted molar refractivity (Wildman–Crippen MR) is 124 cm³/mol. The normalized spacial score (nSPS) is 17.5. The first-order valence-corrected chi connectivity index (χ1v) is 12.5. The summed E-state index contributed by atoms with van der Waals surface area (Å²) >= 11 is 7.19. The van der Waals surface area contributed by atoms with Crippen LogP contribution >= 0.6 is 22.9 Å². The van der Waals surface area contributed by atoms with Gasteiger partial charge in [-0.05, 0) is 55.3 Å². The van der Waals surface area contributed by atoms with Gasteiger partial charge in [0.1, 0.15) is 11.8 Å². The highest BCUT2D eigenvalue weighted by molar-refractivity contribution is 7.89. The summed E-state index contributed by atoms with van der Waals surface area (Å²) in [7, 11) is -2.28. The van der Waals surface area contributed by atoms with Gasteiger partial charge in [-0.1, -0.05) is 28.9 Å². The molecule has 1 fully saturated rings. The maximum Gasteiger partial charge on any atom is 0.266 e. The molecule has 1 aliphatic rings. The van der Waals surface area contributed by atoms with Crippen LogP contribution in [0.5, 0.6) is 5.75 Å². The fourth-order valence-electron chi connectivity index (χ4n) is 3.70. The van der Waals surface area contributed by atoms with Crippen molar-refractivity contribution < 1.29 is 17.9 Å². The molecule has 1 unspecified atom stereocenters. The number of rotatable bonds is 5. The number of amides is 1. The zero-order valence-electron chi connectivity index (χ0n) is 17.2. The van der Waals surface area contributed by atoms with Gasteiger partial charge in [-0.3, -0.25) is 4.79 Å². The Morgan fingerprint density at radius 3 is 2.75 bits per heavy atom. The summed E-state index contributed by atoms with van der Waals surface area (Å²) in [6.45, 7) is 0.487. The van der Waals surface area contributed by atoms with Crippen LogP contribution in [0, 0.1) is 12.3 Å². The lowest BCUT2D eigenvalue weighted by Gasteiger charge is -2.21. The molecule has 0 radical (unpaired) electrons. The molecule has 3 aromatic rings. The van der Waals surface area contributed by atoms with Crippen molar-refractivity contribution in [3.8, 4) is 18.1 Å². The number of carbonyl (C=O) groups excluding carboxylic acids is 1.